The summed E-state index contributed by atoms with van der Waals surface area (Å²) < 4.78 is 0. The van der Waals surface area contributed by atoms with Gasteiger partial charge in [0.15, 0.2) is 0 Å². The number of nitrogens with zero attached hydrogens (tertiary/aromatic N) is 2. The maximum atomic E-state index is 2.50. The molecule has 2 aliphatic carbocycles. The van der Waals surface area contributed by atoms with E-state index in [0.29, 0.717) is 0 Å². The zero-order valence-corrected chi connectivity index (χ0v) is 29.4. The highest BCUT2D eigenvalue weighted by Gasteiger charge is 2.39. The molecule has 48 heavy (non-hydrogen) atoms. The Balaban J connectivity index is 1.40. The predicted molar refractivity (Wildman–Crippen MR) is 206 cm³/mol. The minimum Gasteiger partial charge on any atom is -0.344 e. The number of hydrogen-bond donors (Lipinski definition) is 0. The summed E-state index contributed by atoms with van der Waals surface area (Å²) in [5, 5.41) is 0. The molecule has 0 aromatic heterocycles. The fraction of sp³-hybridized carbons (Fsp3) is 0.261. The molecule has 0 spiro atoms. The molecule has 0 radical (unpaired) electrons. The Labute approximate surface area is 288 Å². The average molecular weight is 629 g/mol. The molecule has 1 heterocycles. The van der Waals surface area contributed by atoms with E-state index in [4.69, 9.17) is 0 Å². The van der Waals surface area contributed by atoms with Crippen molar-refractivity contribution in [2.45, 2.75) is 71.6 Å². The van der Waals surface area contributed by atoms with Crippen molar-refractivity contribution in [1.29, 1.82) is 0 Å². The van der Waals surface area contributed by atoms with Crippen LogP contribution in [-0.4, -0.2) is 6.54 Å². The van der Waals surface area contributed by atoms with Crippen LogP contribution >= 0.6 is 0 Å². The van der Waals surface area contributed by atoms with E-state index >= 15 is 0 Å². The second kappa shape index (κ2) is 12.7. The summed E-state index contributed by atoms with van der Waals surface area (Å²) in [6.45, 7) is 15.0. The normalized spacial score (nSPS) is 19.6. The smallest absolute Gasteiger partial charge is 0.0525 e. The van der Waals surface area contributed by atoms with Crippen molar-refractivity contribution in [3.63, 3.8) is 0 Å². The van der Waals surface area contributed by atoms with Crippen LogP contribution < -0.4 is 9.80 Å². The minimum atomic E-state index is -0.0699. The Morgan fingerprint density at radius 2 is 1.25 bits per heavy atom. The van der Waals surface area contributed by atoms with Crippen molar-refractivity contribution in [3.05, 3.63) is 178 Å². The quantitative estimate of drug-likeness (QED) is 0.192. The summed E-state index contributed by atoms with van der Waals surface area (Å²) in [5.41, 5.74) is 16.1. The van der Waals surface area contributed by atoms with Crippen molar-refractivity contribution in [3.8, 4) is 0 Å². The van der Waals surface area contributed by atoms with Crippen LogP contribution in [0.25, 0.3) is 5.57 Å². The second-order valence-electron chi connectivity index (χ2n) is 14.3. The summed E-state index contributed by atoms with van der Waals surface area (Å²) >= 11 is 0. The van der Waals surface area contributed by atoms with E-state index in [1.54, 1.807) is 0 Å². The van der Waals surface area contributed by atoms with E-state index in [0.717, 1.165) is 25.8 Å². The van der Waals surface area contributed by atoms with Gasteiger partial charge in [-0.05, 0) is 102 Å². The number of benzene rings is 4. The zero-order chi connectivity index (χ0) is 33.5. The zero-order valence-electron chi connectivity index (χ0n) is 29.4. The van der Waals surface area contributed by atoms with Gasteiger partial charge >= 0.3 is 0 Å². The summed E-state index contributed by atoms with van der Waals surface area (Å²) in [4.78, 5) is 4.98. The molecule has 2 nitrogen and oxygen atoms in total. The van der Waals surface area contributed by atoms with Crippen LogP contribution in [0.5, 0.6) is 0 Å². The number of anilines is 3. The monoisotopic (exact) mass is 628 g/mol. The van der Waals surface area contributed by atoms with Crippen LogP contribution in [0.1, 0.15) is 77.5 Å². The van der Waals surface area contributed by atoms with Gasteiger partial charge in [0.05, 0.1) is 5.70 Å². The number of fused-ring (bicyclic) bond motifs is 2. The molecule has 0 amide bonds. The average Bonchev–Trinajstić information content (AvgIpc) is 3.68. The first-order valence-corrected chi connectivity index (χ1v) is 17.7. The molecular formula is C46H48N2. The van der Waals surface area contributed by atoms with E-state index in [2.05, 4.69) is 185 Å². The summed E-state index contributed by atoms with van der Waals surface area (Å²) in [6.07, 6.45) is 12.7. The van der Waals surface area contributed by atoms with E-state index < -0.39 is 0 Å². The lowest BCUT2D eigenvalue weighted by molar-refractivity contribution is 0.633. The highest BCUT2D eigenvalue weighted by molar-refractivity contribution is 5.82. The molecule has 2 heteroatoms. The van der Waals surface area contributed by atoms with Crippen LogP contribution in [0.15, 0.2) is 162 Å². The SMILES string of the molecule is CCC1=C(/C=C/C2=C(N(c3ccccc3)c3ccccc3)C(=C/C=C3/N(CC)c4ccccc4C3(C)C)/CC2)C(C)(C)c2ccccc21. The van der Waals surface area contributed by atoms with E-state index in [-0.39, 0.29) is 10.8 Å². The summed E-state index contributed by atoms with van der Waals surface area (Å²) in [7, 11) is 0. The summed E-state index contributed by atoms with van der Waals surface area (Å²) in [5.74, 6) is 0. The largest absolute Gasteiger partial charge is 0.344 e. The van der Waals surface area contributed by atoms with E-state index in [1.807, 2.05) is 0 Å². The third-order valence-electron chi connectivity index (χ3n) is 10.8. The molecule has 242 valence electrons. The molecule has 0 fully saturated rings. The van der Waals surface area contributed by atoms with Crippen molar-refractivity contribution in [1.82, 2.24) is 0 Å². The third kappa shape index (κ3) is 5.28. The fourth-order valence-corrected chi connectivity index (χ4v) is 8.38. The molecule has 0 bridgehead atoms. The molecule has 0 unspecified atom stereocenters. The number of likely N-dealkylation sites (N-methyl/N-ethyl adjacent to an activating group) is 1. The molecule has 1 aliphatic heterocycles. The van der Waals surface area contributed by atoms with Gasteiger partial charge in [-0.3, -0.25) is 0 Å². The molecule has 0 saturated carbocycles. The molecule has 0 N–H and O–H groups in total. The molecule has 0 saturated heterocycles. The maximum Gasteiger partial charge on any atom is 0.0525 e. The van der Waals surface area contributed by atoms with Crippen LogP contribution in [0.2, 0.25) is 0 Å². The van der Waals surface area contributed by atoms with Gasteiger partial charge in [-0.15, -0.1) is 0 Å². The Kier molecular flexibility index (Phi) is 8.37. The van der Waals surface area contributed by atoms with Gasteiger partial charge in [0.1, 0.15) is 0 Å². The number of rotatable bonds is 8. The predicted octanol–water partition coefficient (Wildman–Crippen LogP) is 12.2. The van der Waals surface area contributed by atoms with Gasteiger partial charge in [-0.1, -0.05) is 132 Å². The van der Waals surface area contributed by atoms with Crippen LogP contribution in [0.4, 0.5) is 17.1 Å². The molecular weight excluding hydrogens is 581 g/mol. The first-order chi connectivity index (χ1) is 23.3. The molecule has 3 aliphatic rings. The Morgan fingerprint density at radius 3 is 1.90 bits per heavy atom. The van der Waals surface area contributed by atoms with Gasteiger partial charge in [0, 0.05) is 40.1 Å². The number of allylic oxidation sites excluding steroid dienone is 9. The van der Waals surface area contributed by atoms with E-state index in [9.17, 15) is 0 Å². The molecule has 7 rings (SSSR count). The Morgan fingerprint density at radius 1 is 0.646 bits per heavy atom. The fourth-order valence-electron chi connectivity index (χ4n) is 8.38. The topological polar surface area (TPSA) is 6.48 Å². The van der Waals surface area contributed by atoms with Gasteiger partial charge < -0.3 is 9.80 Å². The second-order valence-corrected chi connectivity index (χ2v) is 14.3. The first-order valence-electron chi connectivity index (χ1n) is 17.7. The van der Waals surface area contributed by atoms with Crippen LogP contribution in [-0.2, 0) is 10.8 Å². The molecule has 0 atom stereocenters. The number of hydrogen-bond acceptors (Lipinski definition) is 2. The summed E-state index contributed by atoms with van der Waals surface area (Å²) in [6, 6.07) is 39.6. The van der Waals surface area contributed by atoms with Gasteiger partial charge in [-0.25, -0.2) is 0 Å². The Bertz CT molecular complexity index is 1940. The lowest BCUT2D eigenvalue weighted by Crippen LogP contribution is -2.25. The van der Waals surface area contributed by atoms with Gasteiger partial charge in [0.25, 0.3) is 0 Å². The maximum absolute atomic E-state index is 2.50. The van der Waals surface area contributed by atoms with Crippen molar-refractivity contribution < 1.29 is 0 Å². The molecule has 4 aromatic carbocycles. The van der Waals surface area contributed by atoms with Crippen LogP contribution in [0.3, 0.4) is 0 Å². The number of para-hydroxylation sites is 3. The molecule has 4 aromatic rings. The minimum absolute atomic E-state index is 0.0356. The highest BCUT2D eigenvalue weighted by atomic mass is 15.2. The highest BCUT2D eigenvalue weighted by Crippen LogP contribution is 2.50. The van der Waals surface area contributed by atoms with E-state index in [1.165, 1.54) is 67.4 Å². The lowest BCUT2D eigenvalue weighted by atomic mass is 9.81. The van der Waals surface area contributed by atoms with Crippen LogP contribution in [0, 0.1) is 0 Å². The standard InChI is InChI=1S/C46H48N2/c1-7-37-38-23-15-16-24-39(38)45(3,4)40(37)31-29-33-27-28-34(30-32-43-46(5,6)41-25-17-18-26-42(41)47(43)8-2)44(33)48(35-19-11-9-12-20-35)36-21-13-10-14-22-36/h9-26,29-32H,7-8,27-28H2,1-6H3/b31-29+,34-30+,43-32+. The first kappa shape index (κ1) is 31.8. The van der Waals surface area contributed by atoms with Crippen molar-refractivity contribution in [2.24, 2.45) is 0 Å². The van der Waals surface area contributed by atoms with Crippen molar-refractivity contribution in [2.75, 3.05) is 16.3 Å². The third-order valence-corrected chi connectivity index (χ3v) is 10.8. The lowest BCUT2D eigenvalue weighted by Gasteiger charge is -2.29. The van der Waals surface area contributed by atoms with Gasteiger partial charge in [0.2, 0.25) is 0 Å². The van der Waals surface area contributed by atoms with Gasteiger partial charge in [-0.2, -0.15) is 0 Å². The van der Waals surface area contributed by atoms with Crippen molar-refractivity contribution >= 4 is 22.6 Å². The Hall–Kier alpha value is -4.82.